The Morgan fingerprint density at radius 2 is 1.00 bits per heavy atom. The average molecular weight is 368 g/mol. The highest BCUT2D eigenvalue weighted by molar-refractivity contribution is 5.86. The van der Waals surface area contributed by atoms with Crippen molar-refractivity contribution in [3.8, 4) is 0 Å². The summed E-state index contributed by atoms with van der Waals surface area (Å²) >= 11 is 0. The molecule has 0 fully saturated rings. The molecule has 0 aliphatic rings. The number of hydrogen-bond donors (Lipinski definition) is 4. The number of halogens is 4. The third kappa shape index (κ3) is 4.71. The summed E-state index contributed by atoms with van der Waals surface area (Å²) < 4.78 is 3.18. The largest absolute Gasteiger partial charge is 0.394 e. The van der Waals surface area contributed by atoms with E-state index in [-0.39, 0.29) is 49.6 Å². The van der Waals surface area contributed by atoms with Crippen LogP contribution in [-0.4, -0.2) is 19.6 Å². The van der Waals surface area contributed by atoms with Crippen LogP contribution in [0.5, 0.6) is 0 Å². The molecule has 0 spiro atoms. The third-order valence-electron chi connectivity index (χ3n) is 2.34. The first-order chi connectivity index (χ1) is 7.59. The number of aryl methyl sites for hydroxylation is 2. The molecule has 118 valence electrons. The molecule has 0 aromatic carbocycles. The molecule has 20 heavy (non-hydrogen) atoms. The van der Waals surface area contributed by atoms with Crippen LogP contribution in [0.25, 0.3) is 0 Å². The second-order valence-electron chi connectivity index (χ2n) is 3.42. The first-order valence-electron chi connectivity index (χ1n) is 4.73. The van der Waals surface area contributed by atoms with E-state index >= 15 is 0 Å². The van der Waals surface area contributed by atoms with Crippen molar-refractivity contribution < 1.29 is 0 Å². The van der Waals surface area contributed by atoms with Gasteiger partial charge < -0.3 is 22.9 Å². The standard InChI is InChI=1S/C8H14N8.4ClH/c9-5-3-13-15(7(5)11)1-2-16-8(12)6(10)4-14-16;;;;/h3-4H,1-2,9-12H2;4*1H. The van der Waals surface area contributed by atoms with Gasteiger partial charge in [0.15, 0.2) is 0 Å². The summed E-state index contributed by atoms with van der Waals surface area (Å²) in [5.74, 6) is 0.886. The highest BCUT2D eigenvalue weighted by Crippen LogP contribution is 2.15. The number of hydrogen-bond acceptors (Lipinski definition) is 6. The van der Waals surface area contributed by atoms with Gasteiger partial charge in [0.1, 0.15) is 11.6 Å². The van der Waals surface area contributed by atoms with Crippen LogP contribution in [0.4, 0.5) is 23.0 Å². The zero-order chi connectivity index (χ0) is 11.7. The van der Waals surface area contributed by atoms with Crippen LogP contribution in [0.3, 0.4) is 0 Å². The Morgan fingerprint density at radius 3 is 1.20 bits per heavy atom. The highest BCUT2D eigenvalue weighted by Gasteiger charge is 2.06. The molecule has 0 bridgehead atoms. The number of aromatic nitrogens is 4. The van der Waals surface area contributed by atoms with Crippen molar-refractivity contribution in [2.24, 2.45) is 0 Å². The minimum Gasteiger partial charge on any atom is -0.394 e. The van der Waals surface area contributed by atoms with Crippen molar-refractivity contribution in [3.05, 3.63) is 12.4 Å². The van der Waals surface area contributed by atoms with E-state index in [9.17, 15) is 0 Å². The summed E-state index contributed by atoms with van der Waals surface area (Å²) in [6.45, 7) is 1.07. The zero-order valence-corrected chi connectivity index (χ0v) is 13.6. The van der Waals surface area contributed by atoms with Gasteiger partial charge in [-0.05, 0) is 0 Å². The predicted octanol–water partition coefficient (Wildman–Crippen LogP) is 0.796. The Hall–Kier alpha value is -1.22. The van der Waals surface area contributed by atoms with E-state index in [1.807, 2.05) is 0 Å². The SMILES string of the molecule is Cl.Cl.Cl.Cl.Nc1cnn(CCn2ncc(N)c2N)c1N. The minimum absolute atomic E-state index is 0. The second-order valence-corrected chi connectivity index (χ2v) is 3.42. The molecular weight excluding hydrogens is 350 g/mol. The van der Waals surface area contributed by atoms with Crippen molar-refractivity contribution in [1.82, 2.24) is 19.6 Å². The van der Waals surface area contributed by atoms with Crippen molar-refractivity contribution in [2.45, 2.75) is 13.1 Å². The van der Waals surface area contributed by atoms with E-state index in [4.69, 9.17) is 22.9 Å². The van der Waals surface area contributed by atoms with Gasteiger partial charge in [0.25, 0.3) is 0 Å². The van der Waals surface area contributed by atoms with Crippen molar-refractivity contribution in [3.63, 3.8) is 0 Å². The molecule has 0 atom stereocenters. The predicted molar refractivity (Wildman–Crippen MR) is 91.1 cm³/mol. The van der Waals surface area contributed by atoms with Crippen LogP contribution in [-0.2, 0) is 13.1 Å². The summed E-state index contributed by atoms with van der Waals surface area (Å²) in [5.41, 5.74) is 23.5. The molecule has 0 aliphatic heterocycles. The molecule has 0 saturated heterocycles. The van der Waals surface area contributed by atoms with Crippen molar-refractivity contribution >= 4 is 72.6 Å². The summed E-state index contributed by atoms with van der Waals surface area (Å²) in [6.07, 6.45) is 3.02. The minimum atomic E-state index is 0. The first kappa shape index (κ1) is 23.8. The molecule has 2 aromatic heterocycles. The molecule has 0 aliphatic carbocycles. The maximum atomic E-state index is 5.70. The van der Waals surface area contributed by atoms with E-state index in [1.165, 1.54) is 12.4 Å². The fraction of sp³-hybridized carbons (Fsp3) is 0.250. The molecule has 8 nitrogen and oxygen atoms in total. The van der Waals surface area contributed by atoms with Gasteiger partial charge in [0.2, 0.25) is 0 Å². The lowest BCUT2D eigenvalue weighted by molar-refractivity contribution is 0.509. The number of anilines is 4. The van der Waals surface area contributed by atoms with Gasteiger partial charge in [-0.2, -0.15) is 10.2 Å². The van der Waals surface area contributed by atoms with E-state index in [1.54, 1.807) is 9.36 Å². The smallest absolute Gasteiger partial charge is 0.145 e. The van der Waals surface area contributed by atoms with E-state index in [0.29, 0.717) is 36.1 Å². The molecule has 0 radical (unpaired) electrons. The maximum Gasteiger partial charge on any atom is 0.145 e. The summed E-state index contributed by atoms with van der Waals surface area (Å²) in [5, 5.41) is 8.04. The topological polar surface area (TPSA) is 140 Å². The monoisotopic (exact) mass is 366 g/mol. The molecule has 0 amide bonds. The van der Waals surface area contributed by atoms with Crippen LogP contribution in [0.15, 0.2) is 12.4 Å². The second kappa shape index (κ2) is 9.65. The van der Waals surface area contributed by atoms with Crippen molar-refractivity contribution in [1.29, 1.82) is 0 Å². The first-order valence-corrected chi connectivity index (χ1v) is 4.73. The normalized spacial score (nSPS) is 8.60. The lowest BCUT2D eigenvalue weighted by Crippen LogP contribution is -2.13. The lowest BCUT2D eigenvalue weighted by Gasteiger charge is -2.06. The fourth-order valence-electron chi connectivity index (χ4n) is 1.36. The Kier molecular flexibility index (Phi) is 11.5. The van der Waals surface area contributed by atoms with Gasteiger partial charge in [0.05, 0.1) is 36.9 Å². The van der Waals surface area contributed by atoms with E-state index in [2.05, 4.69) is 10.2 Å². The number of nitrogens with two attached hydrogens (primary N) is 4. The Balaban J connectivity index is -0.000000722. The summed E-state index contributed by atoms with van der Waals surface area (Å²) in [6, 6.07) is 0. The number of nitrogens with zero attached hydrogens (tertiary/aromatic N) is 4. The molecule has 0 saturated carbocycles. The lowest BCUT2D eigenvalue weighted by atomic mass is 10.5. The van der Waals surface area contributed by atoms with Gasteiger partial charge in [-0.3, -0.25) is 0 Å². The molecule has 2 aromatic rings. The van der Waals surface area contributed by atoms with Crippen LogP contribution in [0.2, 0.25) is 0 Å². The Morgan fingerprint density at radius 1 is 0.700 bits per heavy atom. The summed E-state index contributed by atoms with van der Waals surface area (Å²) in [7, 11) is 0. The molecular formula is C8H18Cl4N8. The summed E-state index contributed by atoms with van der Waals surface area (Å²) in [4.78, 5) is 0. The molecule has 2 heterocycles. The number of nitrogen functional groups attached to an aromatic ring is 4. The van der Waals surface area contributed by atoms with Gasteiger partial charge in [-0.15, -0.1) is 49.6 Å². The Bertz CT molecular complexity index is 464. The number of rotatable bonds is 3. The van der Waals surface area contributed by atoms with Gasteiger partial charge in [-0.1, -0.05) is 0 Å². The molecule has 12 heteroatoms. The zero-order valence-electron chi connectivity index (χ0n) is 10.3. The van der Waals surface area contributed by atoms with Crippen LogP contribution >= 0.6 is 49.6 Å². The maximum absolute atomic E-state index is 5.70. The highest BCUT2D eigenvalue weighted by atomic mass is 35.5. The van der Waals surface area contributed by atoms with Crippen LogP contribution in [0.1, 0.15) is 0 Å². The molecule has 8 N–H and O–H groups in total. The molecule has 0 unspecified atom stereocenters. The van der Waals surface area contributed by atoms with E-state index in [0.717, 1.165) is 0 Å². The third-order valence-corrected chi connectivity index (χ3v) is 2.34. The van der Waals surface area contributed by atoms with Gasteiger partial charge >= 0.3 is 0 Å². The fourth-order valence-corrected chi connectivity index (χ4v) is 1.36. The Labute approximate surface area is 140 Å². The van der Waals surface area contributed by atoms with Gasteiger partial charge in [0, 0.05) is 0 Å². The van der Waals surface area contributed by atoms with Crippen LogP contribution < -0.4 is 22.9 Å². The van der Waals surface area contributed by atoms with Gasteiger partial charge in [-0.25, -0.2) is 9.36 Å². The average Bonchev–Trinajstić information content (AvgIpc) is 2.74. The quantitative estimate of drug-likeness (QED) is 0.632. The van der Waals surface area contributed by atoms with E-state index < -0.39 is 0 Å². The van der Waals surface area contributed by atoms with Crippen molar-refractivity contribution in [2.75, 3.05) is 22.9 Å². The van der Waals surface area contributed by atoms with Crippen LogP contribution in [0, 0.1) is 0 Å². The molecule has 2 rings (SSSR count).